The molecule has 0 spiro atoms. The van der Waals surface area contributed by atoms with Crippen LogP contribution in [0.2, 0.25) is 5.02 Å². The van der Waals surface area contributed by atoms with Crippen LogP contribution in [0, 0.1) is 5.92 Å². The zero-order valence-electron chi connectivity index (χ0n) is 9.36. The van der Waals surface area contributed by atoms with Crippen LogP contribution in [0.5, 0.6) is 0 Å². The molecule has 1 aliphatic carbocycles. The normalized spacial score (nSPS) is 15.9. The lowest BCUT2D eigenvalue weighted by molar-refractivity contribution is 0.0950. The topological polar surface area (TPSA) is 55.1 Å². The average Bonchev–Trinajstić information content (AvgIpc) is 3.09. The molecule has 1 aromatic carbocycles. The molecule has 0 aliphatic heterocycles. The van der Waals surface area contributed by atoms with E-state index < -0.39 is 0 Å². The van der Waals surface area contributed by atoms with Gasteiger partial charge < -0.3 is 11.1 Å². The predicted molar refractivity (Wildman–Crippen MR) is 71.7 cm³/mol. The fourth-order valence-electron chi connectivity index (χ4n) is 1.63. The molecule has 2 rings (SSSR count). The van der Waals surface area contributed by atoms with Crippen molar-refractivity contribution in [2.75, 3.05) is 6.54 Å². The molecule has 0 aromatic heterocycles. The van der Waals surface area contributed by atoms with Crippen LogP contribution in [0.3, 0.4) is 0 Å². The Labute approximate surface area is 112 Å². The number of benzene rings is 1. The van der Waals surface area contributed by atoms with Crippen molar-refractivity contribution in [1.82, 2.24) is 5.32 Å². The molecule has 94 valence electrons. The highest BCUT2D eigenvalue weighted by atomic mass is 35.5. The van der Waals surface area contributed by atoms with Crippen molar-refractivity contribution in [2.24, 2.45) is 11.7 Å². The Balaban J connectivity index is 0.00000144. The lowest BCUT2D eigenvalue weighted by Gasteiger charge is -2.11. The van der Waals surface area contributed by atoms with Crippen LogP contribution < -0.4 is 11.1 Å². The first kappa shape index (κ1) is 14.3. The van der Waals surface area contributed by atoms with E-state index in [1.807, 2.05) is 0 Å². The van der Waals surface area contributed by atoms with E-state index in [2.05, 4.69) is 5.32 Å². The molecule has 3 N–H and O–H groups in total. The molecule has 1 atom stereocenters. The van der Waals surface area contributed by atoms with Crippen LogP contribution in [0.4, 0.5) is 0 Å². The summed E-state index contributed by atoms with van der Waals surface area (Å²) < 4.78 is 0. The van der Waals surface area contributed by atoms with Crippen molar-refractivity contribution >= 4 is 29.9 Å². The second-order valence-electron chi connectivity index (χ2n) is 4.22. The molecule has 0 radical (unpaired) electrons. The zero-order valence-corrected chi connectivity index (χ0v) is 10.9. The van der Waals surface area contributed by atoms with Crippen molar-refractivity contribution in [3.63, 3.8) is 0 Å². The minimum absolute atomic E-state index is 0. The summed E-state index contributed by atoms with van der Waals surface area (Å²) in [5, 5.41) is 3.39. The number of halogens is 2. The smallest absolute Gasteiger partial charge is 0.251 e. The van der Waals surface area contributed by atoms with Gasteiger partial charge in [0.1, 0.15) is 0 Å². The van der Waals surface area contributed by atoms with E-state index >= 15 is 0 Å². The maximum absolute atomic E-state index is 11.7. The van der Waals surface area contributed by atoms with E-state index in [9.17, 15) is 4.79 Å². The fourth-order valence-corrected chi connectivity index (χ4v) is 1.82. The first-order valence-electron chi connectivity index (χ1n) is 5.46. The molecule has 1 aromatic rings. The van der Waals surface area contributed by atoms with E-state index in [-0.39, 0.29) is 24.4 Å². The fraction of sp³-hybridized carbons (Fsp3) is 0.417. The van der Waals surface area contributed by atoms with Crippen LogP contribution in [0.15, 0.2) is 24.3 Å². The van der Waals surface area contributed by atoms with Crippen LogP contribution in [-0.2, 0) is 0 Å². The van der Waals surface area contributed by atoms with Crippen LogP contribution >= 0.6 is 24.0 Å². The molecule has 3 nitrogen and oxygen atoms in total. The Hall–Kier alpha value is -0.770. The van der Waals surface area contributed by atoms with Crippen molar-refractivity contribution in [1.29, 1.82) is 0 Å². The number of nitrogens with one attached hydrogen (secondary N) is 1. The molecule has 5 heteroatoms. The lowest BCUT2D eigenvalue weighted by Crippen LogP contribution is -2.38. The van der Waals surface area contributed by atoms with Gasteiger partial charge in [-0.1, -0.05) is 17.7 Å². The van der Waals surface area contributed by atoms with Crippen molar-refractivity contribution in [3.8, 4) is 0 Å². The number of hydrogen-bond acceptors (Lipinski definition) is 2. The maximum atomic E-state index is 11.7. The highest BCUT2D eigenvalue weighted by Gasteiger charge is 2.28. The van der Waals surface area contributed by atoms with Crippen LogP contribution in [-0.4, -0.2) is 18.5 Å². The van der Waals surface area contributed by atoms with Gasteiger partial charge in [0.25, 0.3) is 5.91 Å². The van der Waals surface area contributed by atoms with Crippen molar-refractivity contribution < 1.29 is 4.79 Å². The number of hydrogen-bond donors (Lipinski definition) is 2. The van der Waals surface area contributed by atoms with Gasteiger partial charge in [0.2, 0.25) is 0 Å². The van der Waals surface area contributed by atoms with E-state index in [0.29, 0.717) is 23.0 Å². The van der Waals surface area contributed by atoms with Gasteiger partial charge in [-0.25, -0.2) is 0 Å². The van der Waals surface area contributed by atoms with Gasteiger partial charge in [0.05, 0.1) is 0 Å². The number of nitrogens with two attached hydrogens (primary N) is 1. The first-order chi connectivity index (χ1) is 7.66. The Kier molecular flexibility index (Phi) is 5.25. The molecule has 1 amide bonds. The molecular weight excluding hydrogens is 259 g/mol. The highest BCUT2D eigenvalue weighted by Crippen LogP contribution is 2.31. The molecule has 0 bridgehead atoms. The zero-order chi connectivity index (χ0) is 11.5. The van der Waals surface area contributed by atoms with Gasteiger partial charge in [0.15, 0.2) is 0 Å². The van der Waals surface area contributed by atoms with E-state index in [4.69, 9.17) is 17.3 Å². The average molecular weight is 275 g/mol. The minimum Gasteiger partial charge on any atom is -0.350 e. The second kappa shape index (κ2) is 6.24. The van der Waals surface area contributed by atoms with Crippen molar-refractivity contribution in [2.45, 2.75) is 18.9 Å². The summed E-state index contributed by atoms with van der Waals surface area (Å²) in [4.78, 5) is 11.7. The standard InChI is InChI=1S/C12H15ClN2O.ClH/c13-10-3-1-2-9(6-10)12(16)15-7-11(14)8-4-5-8;/h1-3,6,8,11H,4-5,7,14H2,(H,15,16);1H. The number of rotatable bonds is 4. The van der Waals surface area contributed by atoms with Crippen LogP contribution in [0.1, 0.15) is 23.2 Å². The number of carbonyl (C=O) groups excluding carboxylic acids is 1. The van der Waals surface area contributed by atoms with Gasteiger partial charge in [0, 0.05) is 23.2 Å². The summed E-state index contributed by atoms with van der Waals surface area (Å²) in [5.74, 6) is 0.485. The van der Waals surface area contributed by atoms with Crippen molar-refractivity contribution in [3.05, 3.63) is 34.9 Å². The monoisotopic (exact) mass is 274 g/mol. The first-order valence-corrected chi connectivity index (χ1v) is 5.84. The molecule has 1 fully saturated rings. The third kappa shape index (κ3) is 4.19. The van der Waals surface area contributed by atoms with Gasteiger partial charge in [-0.3, -0.25) is 4.79 Å². The lowest BCUT2D eigenvalue weighted by atomic mass is 10.2. The van der Waals surface area contributed by atoms with E-state index in [0.717, 1.165) is 0 Å². The molecule has 1 aliphatic rings. The largest absolute Gasteiger partial charge is 0.350 e. The maximum Gasteiger partial charge on any atom is 0.251 e. The summed E-state index contributed by atoms with van der Waals surface area (Å²) in [7, 11) is 0. The summed E-state index contributed by atoms with van der Waals surface area (Å²) in [6, 6.07) is 6.98. The third-order valence-corrected chi connectivity index (χ3v) is 3.05. The molecule has 17 heavy (non-hydrogen) atoms. The van der Waals surface area contributed by atoms with Gasteiger partial charge >= 0.3 is 0 Å². The Morgan fingerprint density at radius 3 is 2.82 bits per heavy atom. The molecule has 0 heterocycles. The number of amides is 1. The van der Waals surface area contributed by atoms with Gasteiger partial charge in [-0.2, -0.15) is 0 Å². The molecule has 1 unspecified atom stereocenters. The van der Waals surface area contributed by atoms with Gasteiger partial charge in [-0.05, 0) is 37.0 Å². The van der Waals surface area contributed by atoms with Gasteiger partial charge in [-0.15, -0.1) is 12.4 Å². The van der Waals surface area contributed by atoms with Crippen LogP contribution in [0.25, 0.3) is 0 Å². The Morgan fingerprint density at radius 2 is 2.24 bits per heavy atom. The summed E-state index contributed by atoms with van der Waals surface area (Å²) in [6.45, 7) is 0.538. The predicted octanol–water partition coefficient (Wildman–Crippen LogP) is 2.23. The highest BCUT2D eigenvalue weighted by molar-refractivity contribution is 6.30. The number of carbonyl (C=O) groups is 1. The molecule has 0 saturated heterocycles. The SMILES string of the molecule is Cl.NC(CNC(=O)c1cccc(Cl)c1)C1CC1. The van der Waals surface area contributed by atoms with E-state index in [1.165, 1.54) is 12.8 Å². The summed E-state index contributed by atoms with van der Waals surface area (Å²) >= 11 is 5.81. The molecule has 1 saturated carbocycles. The molecular formula is C12H16Cl2N2O. The minimum atomic E-state index is -0.112. The summed E-state index contributed by atoms with van der Waals surface area (Å²) in [6.07, 6.45) is 2.38. The van der Waals surface area contributed by atoms with E-state index in [1.54, 1.807) is 24.3 Å². The second-order valence-corrected chi connectivity index (χ2v) is 4.66. The third-order valence-electron chi connectivity index (χ3n) is 2.81. The summed E-state index contributed by atoms with van der Waals surface area (Å²) in [5.41, 5.74) is 6.47. The Morgan fingerprint density at radius 1 is 1.53 bits per heavy atom. The Bertz CT molecular complexity index is 394. The quantitative estimate of drug-likeness (QED) is 0.885.